The van der Waals surface area contributed by atoms with Gasteiger partial charge in [0, 0.05) is 6.54 Å². The minimum Gasteiger partial charge on any atom is -0.481 e. The van der Waals surface area contributed by atoms with Gasteiger partial charge in [-0.3, -0.25) is 4.79 Å². The van der Waals surface area contributed by atoms with Crippen LogP contribution in [0, 0.1) is 12.8 Å². The first kappa shape index (κ1) is 14.7. The lowest BCUT2D eigenvalue weighted by atomic mass is 10.1. The highest BCUT2D eigenvalue weighted by molar-refractivity contribution is 5.69. The van der Waals surface area contributed by atoms with Crippen molar-refractivity contribution in [3.63, 3.8) is 0 Å². The van der Waals surface area contributed by atoms with Gasteiger partial charge in [-0.05, 0) is 38.9 Å². The van der Waals surface area contributed by atoms with Gasteiger partial charge in [-0.1, -0.05) is 36.8 Å². The molecule has 0 radical (unpaired) electrons. The van der Waals surface area contributed by atoms with Gasteiger partial charge < -0.3 is 10.0 Å². The standard InChI is InChI=1S/C15H23NO2/c1-12-4-6-14(7-5-12)9-11-16(3)10-8-13(2)15(17)18/h4-7,13H,8-11H2,1-3H3,(H,17,18). The van der Waals surface area contributed by atoms with Crippen LogP contribution in [0.2, 0.25) is 0 Å². The fourth-order valence-corrected chi connectivity index (χ4v) is 1.72. The Hall–Kier alpha value is -1.35. The summed E-state index contributed by atoms with van der Waals surface area (Å²) < 4.78 is 0. The van der Waals surface area contributed by atoms with Gasteiger partial charge in [0.1, 0.15) is 0 Å². The van der Waals surface area contributed by atoms with Gasteiger partial charge in [-0.25, -0.2) is 0 Å². The van der Waals surface area contributed by atoms with Gasteiger partial charge >= 0.3 is 5.97 Å². The molecule has 0 heterocycles. The number of aryl methyl sites for hydroxylation is 1. The number of hydrogen-bond acceptors (Lipinski definition) is 2. The lowest BCUT2D eigenvalue weighted by molar-refractivity contribution is -0.141. The van der Waals surface area contributed by atoms with Crippen LogP contribution >= 0.6 is 0 Å². The van der Waals surface area contributed by atoms with Crippen molar-refractivity contribution in [1.82, 2.24) is 4.90 Å². The number of carboxylic acid groups (broad SMARTS) is 1. The number of aliphatic carboxylic acids is 1. The van der Waals surface area contributed by atoms with E-state index >= 15 is 0 Å². The highest BCUT2D eigenvalue weighted by Crippen LogP contribution is 2.06. The molecule has 1 unspecified atom stereocenters. The van der Waals surface area contributed by atoms with E-state index in [0.717, 1.165) is 19.5 Å². The smallest absolute Gasteiger partial charge is 0.306 e. The van der Waals surface area contributed by atoms with E-state index in [0.29, 0.717) is 6.42 Å². The summed E-state index contributed by atoms with van der Waals surface area (Å²) >= 11 is 0. The van der Waals surface area contributed by atoms with E-state index in [1.54, 1.807) is 6.92 Å². The fraction of sp³-hybridized carbons (Fsp3) is 0.533. The molecule has 0 saturated carbocycles. The van der Waals surface area contributed by atoms with E-state index in [-0.39, 0.29) is 5.92 Å². The number of nitrogens with zero attached hydrogens (tertiary/aromatic N) is 1. The highest BCUT2D eigenvalue weighted by atomic mass is 16.4. The van der Waals surface area contributed by atoms with Gasteiger partial charge in [0.25, 0.3) is 0 Å². The van der Waals surface area contributed by atoms with Crippen LogP contribution in [0.3, 0.4) is 0 Å². The summed E-state index contributed by atoms with van der Waals surface area (Å²) in [6.07, 6.45) is 1.72. The Labute approximate surface area is 109 Å². The normalized spacial score (nSPS) is 12.7. The van der Waals surface area contributed by atoms with Gasteiger partial charge in [-0.15, -0.1) is 0 Å². The number of carbonyl (C=O) groups is 1. The molecule has 18 heavy (non-hydrogen) atoms. The second-order valence-electron chi connectivity index (χ2n) is 5.07. The van der Waals surface area contributed by atoms with Crippen LogP contribution < -0.4 is 0 Å². The van der Waals surface area contributed by atoms with Gasteiger partial charge in [-0.2, -0.15) is 0 Å². The van der Waals surface area contributed by atoms with E-state index in [1.165, 1.54) is 11.1 Å². The van der Waals surface area contributed by atoms with Crippen LogP contribution in [0.4, 0.5) is 0 Å². The van der Waals surface area contributed by atoms with Crippen molar-refractivity contribution >= 4 is 5.97 Å². The van der Waals surface area contributed by atoms with Gasteiger partial charge in [0.2, 0.25) is 0 Å². The molecule has 1 atom stereocenters. The molecule has 0 fully saturated rings. The van der Waals surface area contributed by atoms with Gasteiger partial charge in [0.15, 0.2) is 0 Å². The Morgan fingerprint density at radius 1 is 1.28 bits per heavy atom. The van der Waals surface area contributed by atoms with Crippen LogP contribution in [0.15, 0.2) is 24.3 Å². The van der Waals surface area contributed by atoms with Crippen molar-refractivity contribution in [1.29, 1.82) is 0 Å². The molecule has 1 aromatic carbocycles. The van der Waals surface area contributed by atoms with E-state index in [2.05, 4.69) is 36.1 Å². The van der Waals surface area contributed by atoms with Crippen LogP contribution in [-0.2, 0) is 11.2 Å². The quantitative estimate of drug-likeness (QED) is 0.807. The van der Waals surface area contributed by atoms with E-state index in [1.807, 2.05) is 7.05 Å². The van der Waals surface area contributed by atoms with Crippen LogP contribution in [0.1, 0.15) is 24.5 Å². The van der Waals surface area contributed by atoms with Crippen LogP contribution in [-0.4, -0.2) is 36.1 Å². The van der Waals surface area contributed by atoms with Gasteiger partial charge in [0.05, 0.1) is 5.92 Å². The molecule has 3 heteroatoms. The summed E-state index contributed by atoms with van der Waals surface area (Å²) in [6.45, 7) is 5.65. The summed E-state index contributed by atoms with van der Waals surface area (Å²) in [5, 5.41) is 8.81. The average Bonchev–Trinajstić information content (AvgIpc) is 2.35. The van der Waals surface area contributed by atoms with E-state index in [9.17, 15) is 4.79 Å². The van der Waals surface area contributed by atoms with Crippen molar-refractivity contribution in [3.8, 4) is 0 Å². The van der Waals surface area contributed by atoms with Crippen molar-refractivity contribution in [2.24, 2.45) is 5.92 Å². The molecule has 0 aromatic heterocycles. The minimum atomic E-state index is -0.707. The molecular weight excluding hydrogens is 226 g/mol. The Balaban J connectivity index is 2.26. The minimum absolute atomic E-state index is 0.258. The average molecular weight is 249 g/mol. The lowest BCUT2D eigenvalue weighted by Crippen LogP contribution is -2.25. The molecule has 0 spiro atoms. The Bertz CT molecular complexity index is 373. The van der Waals surface area contributed by atoms with Crippen LogP contribution in [0.5, 0.6) is 0 Å². The lowest BCUT2D eigenvalue weighted by Gasteiger charge is -2.17. The molecular formula is C15H23NO2. The highest BCUT2D eigenvalue weighted by Gasteiger charge is 2.11. The maximum atomic E-state index is 10.7. The zero-order valence-corrected chi connectivity index (χ0v) is 11.5. The number of carboxylic acids is 1. The second kappa shape index (κ2) is 7.17. The molecule has 0 aliphatic carbocycles. The monoisotopic (exact) mass is 249 g/mol. The third-order valence-electron chi connectivity index (χ3n) is 3.27. The molecule has 1 rings (SSSR count). The largest absolute Gasteiger partial charge is 0.481 e. The first-order chi connectivity index (χ1) is 8.49. The van der Waals surface area contributed by atoms with E-state index < -0.39 is 5.97 Å². The Morgan fingerprint density at radius 2 is 1.89 bits per heavy atom. The molecule has 3 nitrogen and oxygen atoms in total. The molecule has 0 aliphatic rings. The third-order valence-corrected chi connectivity index (χ3v) is 3.27. The van der Waals surface area contributed by atoms with Crippen molar-refractivity contribution in [2.45, 2.75) is 26.7 Å². The number of likely N-dealkylation sites (N-methyl/N-ethyl adjacent to an activating group) is 1. The predicted octanol–water partition coefficient (Wildman–Crippen LogP) is 2.58. The predicted molar refractivity (Wildman–Crippen MR) is 73.8 cm³/mol. The maximum absolute atomic E-state index is 10.7. The summed E-state index contributed by atoms with van der Waals surface area (Å²) in [5.74, 6) is -0.964. The van der Waals surface area contributed by atoms with Crippen LogP contribution in [0.25, 0.3) is 0 Å². The summed E-state index contributed by atoms with van der Waals surface area (Å²) in [7, 11) is 2.04. The van der Waals surface area contributed by atoms with Crippen molar-refractivity contribution in [3.05, 3.63) is 35.4 Å². The molecule has 100 valence electrons. The SMILES string of the molecule is Cc1ccc(CCN(C)CCC(C)C(=O)O)cc1. The third kappa shape index (κ3) is 5.32. The van der Waals surface area contributed by atoms with E-state index in [4.69, 9.17) is 5.11 Å². The number of benzene rings is 1. The molecule has 0 bridgehead atoms. The molecule has 1 aromatic rings. The first-order valence-corrected chi connectivity index (χ1v) is 6.46. The summed E-state index contributed by atoms with van der Waals surface area (Å²) in [5.41, 5.74) is 2.61. The number of rotatable bonds is 7. The molecule has 0 saturated heterocycles. The molecule has 0 amide bonds. The topological polar surface area (TPSA) is 40.5 Å². The summed E-state index contributed by atoms with van der Waals surface area (Å²) in [6, 6.07) is 8.57. The Morgan fingerprint density at radius 3 is 2.44 bits per heavy atom. The first-order valence-electron chi connectivity index (χ1n) is 6.46. The zero-order valence-electron chi connectivity index (χ0n) is 11.5. The molecule has 1 N–H and O–H groups in total. The Kier molecular flexibility index (Phi) is 5.86. The van der Waals surface area contributed by atoms with Crippen molar-refractivity contribution < 1.29 is 9.90 Å². The second-order valence-corrected chi connectivity index (χ2v) is 5.07. The number of hydrogen-bond donors (Lipinski definition) is 1. The summed E-state index contributed by atoms with van der Waals surface area (Å²) in [4.78, 5) is 12.9. The molecule has 0 aliphatic heterocycles. The van der Waals surface area contributed by atoms with Crippen molar-refractivity contribution in [2.75, 3.05) is 20.1 Å². The maximum Gasteiger partial charge on any atom is 0.306 e. The fourth-order valence-electron chi connectivity index (χ4n) is 1.72. The zero-order chi connectivity index (χ0) is 13.5.